The Morgan fingerprint density at radius 2 is 2.11 bits per heavy atom. The van der Waals surface area contributed by atoms with Crippen LogP contribution >= 0.6 is 11.8 Å². The number of hydrogen-bond acceptors (Lipinski definition) is 9. The predicted octanol–water partition coefficient (Wildman–Crippen LogP) is 1.72. The van der Waals surface area contributed by atoms with Crippen molar-refractivity contribution in [3.8, 4) is 6.07 Å². The smallest absolute Gasteiger partial charge is 0.410 e. The molecule has 0 spiro atoms. The van der Waals surface area contributed by atoms with Gasteiger partial charge in [-0.05, 0) is 25.0 Å². The Hall–Kier alpha value is -3.33. The van der Waals surface area contributed by atoms with Gasteiger partial charge >= 0.3 is 12.1 Å². The van der Waals surface area contributed by atoms with E-state index in [2.05, 4.69) is 14.9 Å². The molecule has 0 radical (unpaired) electrons. The summed E-state index contributed by atoms with van der Waals surface area (Å²) in [5, 5.41) is 11.7. The maximum absolute atomic E-state index is 13.0. The lowest BCUT2D eigenvalue weighted by atomic mass is 10.1. The number of ether oxygens (including phenoxy) is 2. The quantitative estimate of drug-likeness (QED) is 0.201. The molecular formula is C21H25N5O7S2. The molecule has 3 atom stereocenters. The average molecular weight is 524 g/mol. The largest absolute Gasteiger partial charge is 0.426 e. The normalized spacial score (nSPS) is 16.9. The minimum atomic E-state index is -3.89. The number of carbonyl (C=O) groups excluding carboxylic acids is 3. The molecule has 1 aromatic rings. The maximum atomic E-state index is 13.0. The molecule has 0 aliphatic carbocycles. The third-order valence-corrected chi connectivity index (χ3v) is 7.20. The van der Waals surface area contributed by atoms with Gasteiger partial charge in [0.05, 0.1) is 23.4 Å². The maximum Gasteiger partial charge on any atom is 0.410 e. The molecule has 0 bridgehead atoms. The topological polar surface area (TPSA) is 159 Å². The summed E-state index contributed by atoms with van der Waals surface area (Å²) >= 11 is 1.40. The highest BCUT2D eigenvalue weighted by Crippen LogP contribution is 2.22. The molecule has 1 heterocycles. The summed E-state index contributed by atoms with van der Waals surface area (Å²) in [6, 6.07) is 5.84. The molecule has 2 rings (SSSR count). The number of esters is 1. The molecule has 0 aromatic heterocycles. The van der Waals surface area contributed by atoms with E-state index in [9.17, 15) is 28.1 Å². The first-order valence-electron chi connectivity index (χ1n) is 10.5. The number of nitrogens with zero attached hydrogens (tertiary/aromatic N) is 3. The Balaban J connectivity index is 2.02. The fraction of sp³-hybridized carbons (Fsp3) is 0.476. The molecule has 1 aliphatic heterocycles. The number of thioether (sulfide) groups is 1. The Morgan fingerprint density at radius 3 is 2.77 bits per heavy atom. The molecule has 0 saturated carbocycles. The molecule has 2 amide bonds. The van der Waals surface area contributed by atoms with Crippen molar-refractivity contribution in [1.29, 1.82) is 5.26 Å². The van der Waals surface area contributed by atoms with Gasteiger partial charge in [-0.3, -0.25) is 9.59 Å². The standard InChI is InChI=1S/C21H25N5O7S2/c1-14(27)32-15(2)33-21(29)25-19(20(28)26-13-34-12-17(26)11-22)8-5-9-24-35(30,31)18-7-4-6-16(10-18)23-3/h4,6-7,10,15,17,19,24H,5,8-9,12-13H2,1-2H3,(H,25,29)/t15?,17-,19+/m1/s1. The average Bonchev–Trinajstić information content (AvgIpc) is 3.29. The minimum absolute atomic E-state index is 0.0415. The van der Waals surface area contributed by atoms with E-state index in [0.29, 0.717) is 5.75 Å². The SMILES string of the molecule is [C-]#[N+]c1cccc(S(=O)(=O)NCCC[C@H](NC(=O)OC(C)OC(C)=O)C(=O)N2CSC[C@H]2C#N)c1. The summed E-state index contributed by atoms with van der Waals surface area (Å²) in [5.74, 6) is -0.450. The van der Waals surface area contributed by atoms with Gasteiger partial charge in [0.15, 0.2) is 5.69 Å². The van der Waals surface area contributed by atoms with Crippen molar-refractivity contribution in [3.63, 3.8) is 0 Å². The van der Waals surface area contributed by atoms with Crippen LogP contribution < -0.4 is 10.0 Å². The minimum Gasteiger partial charge on any atom is -0.426 e. The zero-order valence-electron chi connectivity index (χ0n) is 19.1. The number of amides is 2. The van der Waals surface area contributed by atoms with E-state index < -0.39 is 46.4 Å². The van der Waals surface area contributed by atoms with Crippen molar-refractivity contribution < 1.29 is 32.3 Å². The summed E-state index contributed by atoms with van der Waals surface area (Å²) in [6.45, 7) is 9.44. The summed E-state index contributed by atoms with van der Waals surface area (Å²) in [6.07, 6.45) is -1.99. The van der Waals surface area contributed by atoms with Crippen LogP contribution in [0.4, 0.5) is 10.5 Å². The van der Waals surface area contributed by atoms with E-state index in [1.165, 1.54) is 47.9 Å². The number of sulfonamides is 1. The lowest BCUT2D eigenvalue weighted by Gasteiger charge is -2.26. The number of carbonyl (C=O) groups is 3. The van der Waals surface area contributed by atoms with Crippen LogP contribution in [0.25, 0.3) is 4.85 Å². The summed E-state index contributed by atoms with van der Waals surface area (Å²) in [5.41, 5.74) is 0.180. The van der Waals surface area contributed by atoms with Crippen molar-refractivity contribution in [2.24, 2.45) is 0 Å². The second-order valence-corrected chi connectivity index (χ2v) is 10.1. The highest BCUT2D eigenvalue weighted by atomic mass is 32.2. The van der Waals surface area contributed by atoms with Gasteiger partial charge < -0.3 is 19.7 Å². The van der Waals surface area contributed by atoms with Crippen LogP contribution in [0.3, 0.4) is 0 Å². The van der Waals surface area contributed by atoms with E-state index >= 15 is 0 Å². The summed E-state index contributed by atoms with van der Waals surface area (Å²) < 4.78 is 37.1. The lowest BCUT2D eigenvalue weighted by Crippen LogP contribution is -2.50. The second kappa shape index (κ2) is 12.9. The van der Waals surface area contributed by atoms with Gasteiger partial charge in [-0.2, -0.15) is 5.26 Å². The van der Waals surface area contributed by atoms with Crippen molar-refractivity contribution in [2.45, 2.75) is 50.0 Å². The van der Waals surface area contributed by atoms with Gasteiger partial charge in [0, 0.05) is 26.1 Å². The summed E-state index contributed by atoms with van der Waals surface area (Å²) in [7, 11) is -3.89. The van der Waals surface area contributed by atoms with E-state index in [1.54, 1.807) is 0 Å². The Bertz CT molecular complexity index is 1130. The molecule has 1 unspecified atom stereocenters. The van der Waals surface area contributed by atoms with Crippen LogP contribution in [0.15, 0.2) is 29.2 Å². The van der Waals surface area contributed by atoms with E-state index in [0.717, 1.165) is 6.92 Å². The van der Waals surface area contributed by atoms with Crippen LogP contribution in [0.2, 0.25) is 0 Å². The molecule has 2 N–H and O–H groups in total. The van der Waals surface area contributed by atoms with Crippen molar-refractivity contribution in [3.05, 3.63) is 35.7 Å². The highest BCUT2D eigenvalue weighted by Gasteiger charge is 2.34. The van der Waals surface area contributed by atoms with Crippen LogP contribution in [-0.4, -0.2) is 67.8 Å². The van der Waals surface area contributed by atoms with Gasteiger partial charge in [0.2, 0.25) is 22.2 Å². The molecule has 35 heavy (non-hydrogen) atoms. The van der Waals surface area contributed by atoms with E-state index in [4.69, 9.17) is 16.0 Å². The lowest BCUT2D eigenvalue weighted by molar-refractivity contribution is -0.162. The zero-order chi connectivity index (χ0) is 26.0. The Labute approximate surface area is 207 Å². The number of nitriles is 1. The fourth-order valence-corrected chi connectivity index (χ4v) is 5.33. The second-order valence-electron chi connectivity index (χ2n) is 7.38. The molecule has 1 aliphatic rings. The molecule has 188 valence electrons. The molecular weight excluding hydrogens is 498 g/mol. The predicted molar refractivity (Wildman–Crippen MR) is 125 cm³/mol. The van der Waals surface area contributed by atoms with Gasteiger partial charge in [-0.15, -0.1) is 11.8 Å². The Morgan fingerprint density at radius 1 is 1.37 bits per heavy atom. The van der Waals surface area contributed by atoms with Crippen LogP contribution in [0.1, 0.15) is 26.7 Å². The molecule has 12 nitrogen and oxygen atoms in total. The van der Waals surface area contributed by atoms with Crippen molar-refractivity contribution in [1.82, 2.24) is 14.9 Å². The summed E-state index contributed by atoms with van der Waals surface area (Å²) in [4.78, 5) is 40.8. The first-order valence-corrected chi connectivity index (χ1v) is 13.1. The molecule has 14 heteroatoms. The molecule has 1 aromatic carbocycles. The molecule has 1 saturated heterocycles. The van der Waals surface area contributed by atoms with Crippen molar-refractivity contribution in [2.75, 3.05) is 18.2 Å². The van der Waals surface area contributed by atoms with E-state index in [-0.39, 0.29) is 35.8 Å². The van der Waals surface area contributed by atoms with Gasteiger partial charge in [-0.1, -0.05) is 12.1 Å². The van der Waals surface area contributed by atoms with Crippen LogP contribution in [-0.2, 0) is 29.1 Å². The number of rotatable bonds is 10. The first kappa shape index (κ1) is 27.9. The van der Waals surface area contributed by atoms with Crippen LogP contribution in [0.5, 0.6) is 0 Å². The van der Waals surface area contributed by atoms with Gasteiger partial charge in [0.1, 0.15) is 12.1 Å². The number of hydrogen-bond donors (Lipinski definition) is 2. The third kappa shape index (κ3) is 8.43. The monoisotopic (exact) mass is 523 g/mol. The van der Waals surface area contributed by atoms with Gasteiger partial charge in [-0.25, -0.2) is 22.8 Å². The highest BCUT2D eigenvalue weighted by molar-refractivity contribution is 7.99. The fourth-order valence-electron chi connectivity index (χ4n) is 3.13. The van der Waals surface area contributed by atoms with E-state index in [1.807, 2.05) is 6.07 Å². The van der Waals surface area contributed by atoms with Crippen molar-refractivity contribution >= 4 is 45.4 Å². The third-order valence-electron chi connectivity index (χ3n) is 4.73. The Kier molecular flexibility index (Phi) is 10.3. The van der Waals surface area contributed by atoms with Gasteiger partial charge in [0.25, 0.3) is 0 Å². The number of alkyl carbamates (subject to hydrolysis) is 1. The first-order chi connectivity index (χ1) is 16.6. The molecule has 1 fully saturated rings. The van der Waals surface area contributed by atoms with Crippen LogP contribution in [0, 0.1) is 17.9 Å². The zero-order valence-corrected chi connectivity index (χ0v) is 20.7. The number of benzene rings is 1. The number of nitrogens with one attached hydrogen (secondary N) is 2.